The van der Waals surface area contributed by atoms with Crippen LogP contribution in [0.2, 0.25) is 10.2 Å². The van der Waals surface area contributed by atoms with Crippen LogP contribution < -0.4 is 0 Å². The Morgan fingerprint density at radius 1 is 1.47 bits per heavy atom. The monoisotopic (exact) mass is 302 g/mol. The Labute approximate surface area is 124 Å². The summed E-state index contributed by atoms with van der Waals surface area (Å²) in [7, 11) is 0. The highest BCUT2D eigenvalue weighted by Gasteiger charge is 2.24. The number of hydrogen-bond acceptors (Lipinski definition) is 3. The van der Waals surface area contributed by atoms with E-state index in [0.717, 1.165) is 31.5 Å². The van der Waals surface area contributed by atoms with E-state index < -0.39 is 0 Å². The summed E-state index contributed by atoms with van der Waals surface area (Å²) in [5.41, 5.74) is 1.00. The van der Waals surface area contributed by atoms with Crippen LogP contribution in [-0.2, 0) is 6.54 Å². The van der Waals surface area contributed by atoms with Gasteiger partial charge in [0.15, 0.2) is 0 Å². The minimum absolute atomic E-state index is 0.260. The minimum atomic E-state index is -0.260. The van der Waals surface area contributed by atoms with E-state index in [1.54, 1.807) is 12.3 Å². The van der Waals surface area contributed by atoms with Crippen molar-refractivity contribution in [3.8, 4) is 0 Å². The molecule has 0 aromatic carbocycles. The Bertz CT molecular complexity index is 426. The zero-order valence-corrected chi connectivity index (χ0v) is 12.7. The number of pyridine rings is 1. The second-order valence-corrected chi connectivity index (χ2v) is 6.10. The second kappa shape index (κ2) is 6.89. The summed E-state index contributed by atoms with van der Waals surface area (Å²) >= 11 is 12.0. The summed E-state index contributed by atoms with van der Waals surface area (Å²) in [6.45, 7) is 3.68. The third kappa shape index (κ3) is 4.32. The Hall–Kier alpha value is -0.350. The number of halogens is 2. The summed E-state index contributed by atoms with van der Waals surface area (Å²) in [5, 5.41) is 10.7. The second-order valence-electron chi connectivity index (χ2n) is 5.30. The molecule has 0 bridgehead atoms. The van der Waals surface area contributed by atoms with Gasteiger partial charge in [0.2, 0.25) is 0 Å². The third-order valence-corrected chi connectivity index (χ3v) is 4.19. The molecule has 3 nitrogen and oxygen atoms in total. The van der Waals surface area contributed by atoms with E-state index >= 15 is 0 Å². The Kier molecular flexibility index (Phi) is 5.46. The maximum absolute atomic E-state index is 9.60. The number of piperidine rings is 1. The Balaban J connectivity index is 2.06. The molecule has 1 aliphatic heterocycles. The van der Waals surface area contributed by atoms with Gasteiger partial charge >= 0.3 is 0 Å². The van der Waals surface area contributed by atoms with Gasteiger partial charge < -0.3 is 5.11 Å². The molecule has 19 heavy (non-hydrogen) atoms. The first kappa shape index (κ1) is 15.0. The summed E-state index contributed by atoms with van der Waals surface area (Å²) in [4.78, 5) is 6.49. The van der Waals surface area contributed by atoms with E-state index in [-0.39, 0.29) is 6.10 Å². The molecule has 0 spiro atoms. The van der Waals surface area contributed by atoms with E-state index in [1.165, 1.54) is 12.8 Å². The van der Waals surface area contributed by atoms with Crippen molar-refractivity contribution in [3.63, 3.8) is 0 Å². The molecule has 106 valence electrons. The van der Waals surface area contributed by atoms with Gasteiger partial charge in [0.05, 0.1) is 6.10 Å². The molecule has 0 radical (unpaired) electrons. The van der Waals surface area contributed by atoms with Crippen LogP contribution in [0, 0.1) is 0 Å². The van der Waals surface area contributed by atoms with Crippen LogP contribution in [0.15, 0.2) is 12.3 Å². The molecule has 2 unspecified atom stereocenters. The van der Waals surface area contributed by atoms with E-state index in [9.17, 15) is 5.11 Å². The third-order valence-electron chi connectivity index (χ3n) is 3.63. The summed E-state index contributed by atoms with van der Waals surface area (Å²) in [5.74, 6) is 0. The summed E-state index contributed by atoms with van der Waals surface area (Å²) < 4.78 is 0. The van der Waals surface area contributed by atoms with Crippen molar-refractivity contribution >= 4 is 23.2 Å². The van der Waals surface area contributed by atoms with Gasteiger partial charge in [-0.2, -0.15) is 0 Å². The number of aliphatic hydroxyl groups is 1. The average molecular weight is 303 g/mol. The number of hydrogen-bond donors (Lipinski definition) is 1. The van der Waals surface area contributed by atoms with Crippen LogP contribution in [0.5, 0.6) is 0 Å². The van der Waals surface area contributed by atoms with E-state index in [2.05, 4.69) is 9.88 Å². The van der Waals surface area contributed by atoms with Gasteiger partial charge in [0.25, 0.3) is 0 Å². The topological polar surface area (TPSA) is 36.4 Å². The molecule has 2 atom stereocenters. The van der Waals surface area contributed by atoms with Gasteiger partial charge in [-0.05, 0) is 38.8 Å². The van der Waals surface area contributed by atoms with Crippen LogP contribution in [0.3, 0.4) is 0 Å². The standard InChI is InChI=1S/C14H20Cl2N2O/c1-10(19)6-12-4-2-3-5-18(12)9-11-8-17-14(16)7-13(11)15/h7-8,10,12,19H,2-6,9H2,1H3. The van der Waals surface area contributed by atoms with Crippen LogP contribution in [0.25, 0.3) is 0 Å². The van der Waals surface area contributed by atoms with Crippen molar-refractivity contribution in [2.24, 2.45) is 0 Å². The van der Waals surface area contributed by atoms with Crippen molar-refractivity contribution in [1.82, 2.24) is 9.88 Å². The van der Waals surface area contributed by atoms with Crippen molar-refractivity contribution in [2.75, 3.05) is 6.54 Å². The molecule has 2 heterocycles. The van der Waals surface area contributed by atoms with Crippen molar-refractivity contribution in [1.29, 1.82) is 0 Å². The quantitative estimate of drug-likeness (QED) is 0.865. The first-order valence-corrected chi connectivity index (χ1v) is 7.54. The molecule has 2 rings (SSSR count). The first-order valence-electron chi connectivity index (χ1n) is 6.78. The van der Waals surface area contributed by atoms with Crippen LogP contribution >= 0.6 is 23.2 Å². The fourth-order valence-electron chi connectivity index (χ4n) is 2.70. The fraction of sp³-hybridized carbons (Fsp3) is 0.643. The van der Waals surface area contributed by atoms with Gasteiger partial charge in [0.1, 0.15) is 5.15 Å². The van der Waals surface area contributed by atoms with Gasteiger partial charge in [-0.3, -0.25) is 4.90 Å². The molecular formula is C14H20Cl2N2O. The zero-order chi connectivity index (χ0) is 13.8. The lowest BCUT2D eigenvalue weighted by Gasteiger charge is -2.36. The van der Waals surface area contributed by atoms with Gasteiger partial charge in [-0.1, -0.05) is 29.6 Å². The largest absolute Gasteiger partial charge is 0.393 e. The molecule has 0 amide bonds. The van der Waals surface area contributed by atoms with Crippen molar-refractivity contribution in [2.45, 2.75) is 51.3 Å². The smallest absolute Gasteiger partial charge is 0.130 e. The summed E-state index contributed by atoms with van der Waals surface area (Å²) in [6.07, 6.45) is 5.89. The summed E-state index contributed by atoms with van der Waals surface area (Å²) in [6, 6.07) is 2.12. The van der Waals surface area contributed by atoms with Crippen LogP contribution in [-0.4, -0.2) is 33.7 Å². The SMILES string of the molecule is CC(O)CC1CCCCN1Cc1cnc(Cl)cc1Cl. The molecule has 1 N–H and O–H groups in total. The van der Waals surface area contributed by atoms with E-state index in [1.807, 2.05) is 6.92 Å². The molecule has 1 aromatic rings. The predicted molar refractivity (Wildman–Crippen MR) is 78.6 cm³/mol. The number of aromatic nitrogens is 1. The Morgan fingerprint density at radius 3 is 2.95 bits per heavy atom. The molecule has 1 saturated heterocycles. The fourth-order valence-corrected chi connectivity index (χ4v) is 3.13. The molecule has 1 aliphatic rings. The van der Waals surface area contributed by atoms with E-state index in [0.29, 0.717) is 16.2 Å². The Morgan fingerprint density at radius 2 is 2.26 bits per heavy atom. The van der Waals surface area contributed by atoms with Crippen LogP contribution in [0.1, 0.15) is 38.2 Å². The minimum Gasteiger partial charge on any atom is -0.393 e. The molecule has 5 heteroatoms. The molecule has 1 fully saturated rings. The lowest BCUT2D eigenvalue weighted by Crippen LogP contribution is -2.40. The van der Waals surface area contributed by atoms with Crippen molar-refractivity contribution < 1.29 is 5.11 Å². The number of nitrogens with zero attached hydrogens (tertiary/aromatic N) is 2. The van der Waals surface area contributed by atoms with Crippen molar-refractivity contribution in [3.05, 3.63) is 28.0 Å². The van der Waals surface area contributed by atoms with E-state index in [4.69, 9.17) is 23.2 Å². The average Bonchev–Trinajstić information content (AvgIpc) is 2.34. The number of rotatable bonds is 4. The number of aliphatic hydroxyl groups excluding tert-OH is 1. The first-order chi connectivity index (χ1) is 9.06. The highest BCUT2D eigenvalue weighted by molar-refractivity contribution is 6.34. The maximum atomic E-state index is 9.60. The highest BCUT2D eigenvalue weighted by atomic mass is 35.5. The van der Waals surface area contributed by atoms with Gasteiger partial charge in [-0.15, -0.1) is 0 Å². The van der Waals surface area contributed by atoms with Gasteiger partial charge in [0, 0.05) is 29.4 Å². The maximum Gasteiger partial charge on any atom is 0.130 e. The molecule has 0 aliphatic carbocycles. The number of likely N-dealkylation sites (tertiary alicyclic amines) is 1. The lowest BCUT2D eigenvalue weighted by atomic mass is 9.97. The lowest BCUT2D eigenvalue weighted by molar-refractivity contribution is 0.0817. The molecule has 0 saturated carbocycles. The molecular weight excluding hydrogens is 283 g/mol. The van der Waals surface area contributed by atoms with Gasteiger partial charge in [-0.25, -0.2) is 4.98 Å². The predicted octanol–water partition coefficient (Wildman–Crippen LogP) is 3.51. The highest BCUT2D eigenvalue weighted by Crippen LogP contribution is 2.26. The normalized spacial score (nSPS) is 22.4. The van der Waals surface area contributed by atoms with Crippen LogP contribution in [0.4, 0.5) is 0 Å². The molecule has 1 aromatic heterocycles. The zero-order valence-electron chi connectivity index (χ0n) is 11.1.